The maximum absolute atomic E-state index is 10.4. The van der Waals surface area contributed by atoms with Crippen LogP contribution < -0.4 is 5.32 Å². The van der Waals surface area contributed by atoms with Crippen LogP contribution in [0.5, 0.6) is 0 Å². The molecule has 0 fully saturated rings. The minimum Gasteiger partial charge on any atom is -0.384 e. The van der Waals surface area contributed by atoms with Crippen molar-refractivity contribution >= 4 is 5.82 Å². The van der Waals surface area contributed by atoms with Crippen molar-refractivity contribution in [3.63, 3.8) is 0 Å². The van der Waals surface area contributed by atoms with Gasteiger partial charge in [-0.05, 0) is 30.5 Å². The highest BCUT2D eigenvalue weighted by Crippen LogP contribution is 2.26. The number of rotatable bonds is 2. The molecule has 1 unspecified atom stereocenters. The maximum Gasteiger partial charge on any atom is 0.129 e. The fourth-order valence-corrected chi connectivity index (χ4v) is 2.28. The number of pyridine rings is 1. The molecule has 3 nitrogen and oxygen atoms in total. The number of hydrogen-bond acceptors (Lipinski definition) is 3. The van der Waals surface area contributed by atoms with Crippen molar-refractivity contribution in [2.45, 2.75) is 19.4 Å². The lowest BCUT2D eigenvalue weighted by Crippen LogP contribution is -2.01. The summed E-state index contributed by atoms with van der Waals surface area (Å²) < 4.78 is 0. The first-order valence-electron chi connectivity index (χ1n) is 6.21. The molecular weight excluding hydrogens is 224 g/mol. The van der Waals surface area contributed by atoms with E-state index in [-0.39, 0.29) is 0 Å². The molecule has 0 spiro atoms. The molecule has 0 aliphatic carbocycles. The largest absolute Gasteiger partial charge is 0.384 e. The predicted octanol–water partition coefficient (Wildman–Crippen LogP) is 2.44. The predicted molar refractivity (Wildman–Crippen MR) is 71.7 cm³/mol. The van der Waals surface area contributed by atoms with E-state index in [4.69, 9.17) is 0 Å². The molecule has 0 saturated heterocycles. The van der Waals surface area contributed by atoms with Crippen LogP contribution in [-0.2, 0) is 6.42 Å². The van der Waals surface area contributed by atoms with Crippen molar-refractivity contribution in [1.82, 2.24) is 4.98 Å². The number of anilines is 1. The molecule has 3 heteroatoms. The summed E-state index contributed by atoms with van der Waals surface area (Å²) in [6, 6.07) is 10.0. The Labute approximate surface area is 107 Å². The Bertz CT molecular complexity index is 563. The quantitative estimate of drug-likeness (QED) is 0.847. The molecule has 0 saturated carbocycles. The number of nitrogens with one attached hydrogen (secondary N) is 1. The van der Waals surface area contributed by atoms with Gasteiger partial charge in [-0.1, -0.05) is 29.8 Å². The van der Waals surface area contributed by atoms with Crippen molar-refractivity contribution in [2.24, 2.45) is 0 Å². The molecular formula is C15H16N2O. The summed E-state index contributed by atoms with van der Waals surface area (Å²) >= 11 is 0. The van der Waals surface area contributed by atoms with E-state index in [0.29, 0.717) is 0 Å². The van der Waals surface area contributed by atoms with Gasteiger partial charge in [0.25, 0.3) is 0 Å². The van der Waals surface area contributed by atoms with Crippen LogP contribution in [0.3, 0.4) is 0 Å². The van der Waals surface area contributed by atoms with Gasteiger partial charge in [-0.3, -0.25) is 0 Å². The molecule has 18 heavy (non-hydrogen) atoms. The van der Waals surface area contributed by atoms with Crippen LogP contribution in [0.15, 0.2) is 36.5 Å². The number of nitrogens with zero attached hydrogens (tertiary/aromatic N) is 1. The lowest BCUT2D eigenvalue weighted by molar-refractivity contribution is 0.220. The molecule has 1 aromatic carbocycles. The van der Waals surface area contributed by atoms with Gasteiger partial charge < -0.3 is 10.4 Å². The van der Waals surface area contributed by atoms with Crippen molar-refractivity contribution in [3.8, 4) is 0 Å². The van der Waals surface area contributed by atoms with Gasteiger partial charge in [-0.2, -0.15) is 0 Å². The highest BCUT2D eigenvalue weighted by molar-refractivity contribution is 5.50. The van der Waals surface area contributed by atoms with E-state index >= 15 is 0 Å². The lowest BCUT2D eigenvalue weighted by Gasteiger charge is -2.12. The van der Waals surface area contributed by atoms with Crippen LogP contribution >= 0.6 is 0 Å². The van der Waals surface area contributed by atoms with E-state index in [9.17, 15) is 5.11 Å². The number of hydrogen-bond donors (Lipinski definition) is 2. The van der Waals surface area contributed by atoms with Gasteiger partial charge in [0.1, 0.15) is 11.9 Å². The van der Waals surface area contributed by atoms with Gasteiger partial charge in [0.2, 0.25) is 0 Å². The van der Waals surface area contributed by atoms with Gasteiger partial charge in [-0.15, -0.1) is 0 Å². The standard InChI is InChI=1S/C15H16N2O/c1-10-2-4-11(5-3-10)14(18)13-8-12-6-7-16-15(12)17-9-13/h2-5,8-9,14,18H,6-7H2,1H3,(H,16,17). The summed E-state index contributed by atoms with van der Waals surface area (Å²) in [6.45, 7) is 2.98. The molecule has 0 radical (unpaired) electrons. The Morgan fingerprint density at radius 2 is 2.00 bits per heavy atom. The molecule has 2 N–H and O–H groups in total. The third-order valence-corrected chi connectivity index (χ3v) is 3.38. The van der Waals surface area contributed by atoms with E-state index in [2.05, 4.69) is 10.3 Å². The fourth-order valence-electron chi connectivity index (χ4n) is 2.28. The molecule has 92 valence electrons. The summed E-state index contributed by atoms with van der Waals surface area (Å²) in [5.74, 6) is 0.954. The normalized spacial score (nSPS) is 15.0. The minimum absolute atomic E-state index is 0.594. The van der Waals surface area contributed by atoms with Gasteiger partial charge in [0.05, 0.1) is 0 Å². The highest BCUT2D eigenvalue weighted by atomic mass is 16.3. The third kappa shape index (κ3) is 1.97. The van der Waals surface area contributed by atoms with E-state index in [1.54, 1.807) is 6.20 Å². The Morgan fingerprint density at radius 3 is 2.78 bits per heavy atom. The smallest absolute Gasteiger partial charge is 0.129 e. The molecule has 1 atom stereocenters. The lowest BCUT2D eigenvalue weighted by atomic mass is 10.0. The van der Waals surface area contributed by atoms with Crippen LogP contribution in [0.4, 0.5) is 5.82 Å². The Balaban J connectivity index is 1.92. The van der Waals surface area contributed by atoms with Crippen LogP contribution in [0.1, 0.15) is 28.4 Å². The minimum atomic E-state index is -0.594. The number of aliphatic hydroxyl groups is 1. The number of aryl methyl sites for hydroxylation is 1. The molecule has 1 aliphatic rings. The second-order valence-corrected chi connectivity index (χ2v) is 4.77. The van der Waals surface area contributed by atoms with Crippen LogP contribution in [0.2, 0.25) is 0 Å². The van der Waals surface area contributed by atoms with Gasteiger partial charge in [0, 0.05) is 18.3 Å². The van der Waals surface area contributed by atoms with E-state index in [0.717, 1.165) is 29.9 Å². The second-order valence-electron chi connectivity index (χ2n) is 4.77. The molecule has 2 heterocycles. The first-order chi connectivity index (χ1) is 8.74. The average Bonchev–Trinajstić information content (AvgIpc) is 2.86. The topological polar surface area (TPSA) is 45.2 Å². The van der Waals surface area contributed by atoms with Gasteiger partial charge in [-0.25, -0.2) is 4.98 Å². The first kappa shape index (κ1) is 11.2. The summed E-state index contributed by atoms with van der Waals surface area (Å²) in [5, 5.41) is 13.6. The monoisotopic (exact) mass is 240 g/mol. The molecule has 0 amide bonds. The van der Waals surface area contributed by atoms with Crippen LogP contribution in [-0.4, -0.2) is 16.6 Å². The van der Waals surface area contributed by atoms with E-state index in [1.165, 1.54) is 11.1 Å². The Kier molecular flexibility index (Phi) is 2.76. The molecule has 2 aromatic rings. The zero-order valence-electron chi connectivity index (χ0n) is 10.4. The molecule has 1 aromatic heterocycles. The number of fused-ring (bicyclic) bond motifs is 1. The Morgan fingerprint density at radius 1 is 1.22 bits per heavy atom. The van der Waals surface area contributed by atoms with Gasteiger partial charge >= 0.3 is 0 Å². The van der Waals surface area contributed by atoms with Crippen LogP contribution in [0.25, 0.3) is 0 Å². The first-order valence-corrected chi connectivity index (χ1v) is 6.21. The zero-order chi connectivity index (χ0) is 12.5. The van der Waals surface area contributed by atoms with Crippen molar-refractivity contribution < 1.29 is 5.11 Å². The van der Waals surface area contributed by atoms with Crippen molar-refractivity contribution in [2.75, 3.05) is 11.9 Å². The second kappa shape index (κ2) is 4.42. The van der Waals surface area contributed by atoms with Gasteiger partial charge in [0.15, 0.2) is 0 Å². The highest BCUT2D eigenvalue weighted by Gasteiger charge is 2.16. The fraction of sp³-hybridized carbons (Fsp3) is 0.267. The van der Waals surface area contributed by atoms with E-state index in [1.807, 2.05) is 37.3 Å². The average molecular weight is 240 g/mol. The summed E-state index contributed by atoms with van der Waals surface area (Å²) in [5.41, 5.74) is 4.16. The zero-order valence-corrected chi connectivity index (χ0v) is 10.4. The molecule has 1 aliphatic heterocycles. The van der Waals surface area contributed by atoms with Crippen molar-refractivity contribution in [3.05, 3.63) is 58.8 Å². The maximum atomic E-state index is 10.4. The summed E-state index contributed by atoms with van der Waals surface area (Å²) in [7, 11) is 0. The third-order valence-electron chi connectivity index (χ3n) is 3.38. The summed E-state index contributed by atoms with van der Waals surface area (Å²) in [6.07, 6.45) is 2.14. The Hall–Kier alpha value is -1.87. The molecule has 3 rings (SSSR count). The molecule has 0 bridgehead atoms. The number of benzene rings is 1. The SMILES string of the molecule is Cc1ccc(C(O)c2cnc3c(c2)CCN3)cc1. The number of aromatic nitrogens is 1. The summed E-state index contributed by atoms with van der Waals surface area (Å²) in [4.78, 5) is 4.35. The van der Waals surface area contributed by atoms with Crippen molar-refractivity contribution in [1.29, 1.82) is 0 Å². The van der Waals surface area contributed by atoms with E-state index < -0.39 is 6.10 Å². The van der Waals surface area contributed by atoms with Crippen LogP contribution in [0, 0.1) is 6.92 Å². The number of aliphatic hydroxyl groups excluding tert-OH is 1.